The lowest BCUT2D eigenvalue weighted by molar-refractivity contribution is 0.0919. The van der Waals surface area contributed by atoms with Crippen molar-refractivity contribution in [3.8, 4) is 11.8 Å². The molecule has 1 aromatic rings. The number of nitrogens with zero attached hydrogens (tertiary/aromatic N) is 1. The third-order valence-electron chi connectivity index (χ3n) is 3.51. The lowest BCUT2D eigenvalue weighted by atomic mass is 10.0. The van der Waals surface area contributed by atoms with Gasteiger partial charge < -0.3 is 15.3 Å². The van der Waals surface area contributed by atoms with Gasteiger partial charge in [-0.1, -0.05) is 11.8 Å². The summed E-state index contributed by atoms with van der Waals surface area (Å²) < 4.78 is 0. The van der Waals surface area contributed by atoms with Gasteiger partial charge in [-0.05, 0) is 52.2 Å². The van der Waals surface area contributed by atoms with E-state index >= 15 is 0 Å². The molecule has 0 aliphatic rings. The lowest BCUT2D eigenvalue weighted by Crippen LogP contribution is -2.48. The molecule has 0 fully saturated rings. The molecule has 2 N–H and O–H groups in total. The fraction of sp³-hybridized carbons (Fsp3) is 0.471. The topological polar surface area (TPSA) is 52.6 Å². The zero-order chi connectivity index (χ0) is 15.9. The van der Waals surface area contributed by atoms with E-state index in [0.717, 1.165) is 5.56 Å². The zero-order valence-corrected chi connectivity index (χ0v) is 13.2. The summed E-state index contributed by atoms with van der Waals surface area (Å²) in [5.74, 6) is 5.70. The van der Waals surface area contributed by atoms with Crippen molar-refractivity contribution in [2.45, 2.75) is 25.8 Å². The molecule has 0 aliphatic carbocycles. The summed E-state index contributed by atoms with van der Waals surface area (Å²) in [5, 5.41) is 11.6. The summed E-state index contributed by atoms with van der Waals surface area (Å²) in [6.45, 7) is 4.80. The number of likely N-dealkylation sites (N-methyl/N-ethyl adjacent to an activating group) is 1. The predicted molar refractivity (Wildman–Crippen MR) is 85.1 cm³/mol. The van der Waals surface area contributed by atoms with E-state index < -0.39 is 0 Å². The second-order valence-corrected chi connectivity index (χ2v) is 5.74. The quantitative estimate of drug-likeness (QED) is 0.807. The summed E-state index contributed by atoms with van der Waals surface area (Å²) in [6, 6.07) is 7.16. The molecule has 0 bridgehead atoms. The van der Waals surface area contributed by atoms with Crippen molar-refractivity contribution in [3.05, 3.63) is 35.4 Å². The van der Waals surface area contributed by atoms with Gasteiger partial charge in [0.25, 0.3) is 5.91 Å². The number of amides is 1. The Labute approximate surface area is 127 Å². The highest BCUT2D eigenvalue weighted by atomic mass is 16.2. The van der Waals surface area contributed by atoms with Gasteiger partial charge in [0, 0.05) is 29.6 Å². The average molecular weight is 288 g/mol. The molecule has 0 saturated heterocycles. The summed E-state index contributed by atoms with van der Waals surface area (Å²) >= 11 is 0. The molecule has 1 aromatic carbocycles. The second kappa shape index (κ2) is 7.82. The molecule has 0 aromatic heterocycles. The molecule has 4 nitrogen and oxygen atoms in total. The van der Waals surface area contributed by atoms with Crippen LogP contribution >= 0.6 is 0 Å². The summed E-state index contributed by atoms with van der Waals surface area (Å²) in [7, 11) is 3.98. The van der Waals surface area contributed by atoms with Crippen LogP contribution in [-0.2, 0) is 0 Å². The van der Waals surface area contributed by atoms with Gasteiger partial charge >= 0.3 is 0 Å². The minimum atomic E-state index is -0.0919. The van der Waals surface area contributed by atoms with E-state index in [1.165, 1.54) is 0 Å². The van der Waals surface area contributed by atoms with E-state index in [2.05, 4.69) is 35.9 Å². The van der Waals surface area contributed by atoms with Crippen LogP contribution < -0.4 is 5.32 Å². The third-order valence-corrected chi connectivity index (χ3v) is 3.51. The van der Waals surface area contributed by atoms with E-state index in [0.29, 0.717) is 18.5 Å². The molecule has 1 rings (SSSR count). The van der Waals surface area contributed by atoms with Gasteiger partial charge in [-0.2, -0.15) is 0 Å². The maximum absolute atomic E-state index is 12.1. The molecule has 0 radical (unpaired) electrons. The molecule has 0 heterocycles. The molecule has 4 heteroatoms. The van der Waals surface area contributed by atoms with Crippen molar-refractivity contribution in [2.75, 3.05) is 27.2 Å². The van der Waals surface area contributed by atoms with Crippen LogP contribution in [0.2, 0.25) is 0 Å². The maximum Gasteiger partial charge on any atom is 0.251 e. The zero-order valence-electron chi connectivity index (χ0n) is 13.2. The fourth-order valence-corrected chi connectivity index (χ4v) is 1.48. The lowest BCUT2D eigenvalue weighted by Gasteiger charge is -2.32. The van der Waals surface area contributed by atoms with Crippen molar-refractivity contribution in [3.63, 3.8) is 0 Å². The molecule has 0 spiro atoms. The summed E-state index contributed by atoms with van der Waals surface area (Å²) in [4.78, 5) is 14.2. The van der Waals surface area contributed by atoms with Crippen molar-refractivity contribution < 1.29 is 9.90 Å². The average Bonchev–Trinajstić information content (AvgIpc) is 2.45. The predicted octanol–water partition coefficient (Wildman–Crippen LogP) is 1.49. The van der Waals surface area contributed by atoms with Crippen molar-refractivity contribution in [2.24, 2.45) is 0 Å². The molecule has 0 unspecified atom stereocenters. The SMILES string of the molecule is CN(C)C(C)(C)CNC(=O)c1ccc(C#CCCO)cc1. The molecule has 21 heavy (non-hydrogen) atoms. The van der Waals surface area contributed by atoms with Crippen LogP contribution in [0.25, 0.3) is 0 Å². The van der Waals surface area contributed by atoms with Gasteiger partial charge in [0.05, 0.1) is 6.61 Å². The van der Waals surface area contributed by atoms with E-state index in [9.17, 15) is 4.79 Å². The first-order valence-electron chi connectivity index (χ1n) is 7.02. The second-order valence-electron chi connectivity index (χ2n) is 5.74. The van der Waals surface area contributed by atoms with Crippen molar-refractivity contribution in [1.29, 1.82) is 0 Å². The summed E-state index contributed by atoms with van der Waals surface area (Å²) in [5.41, 5.74) is 1.37. The fourth-order valence-electron chi connectivity index (χ4n) is 1.48. The van der Waals surface area contributed by atoms with E-state index in [-0.39, 0.29) is 18.1 Å². The molecule has 114 valence electrons. The number of carbonyl (C=O) groups is 1. The summed E-state index contributed by atoms with van der Waals surface area (Å²) in [6.07, 6.45) is 0.460. The van der Waals surface area contributed by atoms with Gasteiger partial charge in [-0.15, -0.1) is 0 Å². The molecular formula is C17H24N2O2. The highest BCUT2D eigenvalue weighted by Gasteiger charge is 2.21. The van der Waals surface area contributed by atoms with Crippen LogP contribution in [0.1, 0.15) is 36.2 Å². The van der Waals surface area contributed by atoms with E-state index in [4.69, 9.17) is 5.11 Å². The Kier molecular flexibility index (Phi) is 6.41. The Hall–Kier alpha value is -1.83. The smallest absolute Gasteiger partial charge is 0.251 e. The van der Waals surface area contributed by atoms with Gasteiger partial charge in [0.2, 0.25) is 0 Å². The first-order valence-corrected chi connectivity index (χ1v) is 7.02. The number of hydrogen-bond donors (Lipinski definition) is 2. The first kappa shape index (κ1) is 17.2. The van der Waals surface area contributed by atoms with Crippen LogP contribution in [0.5, 0.6) is 0 Å². The van der Waals surface area contributed by atoms with Gasteiger partial charge in [0.15, 0.2) is 0 Å². The highest BCUT2D eigenvalue weighted by Crippen LogP contribution is 2.09. The molecule has 0 atom stereocenters. The molecular weight excluding hydrogens is 264 g/mol. The van der Waals surface area contributed by atoms with E-state index in [1.54, 1.807) is 12.1 Å². The molecule has 0 aliphatic heterocycles. The normalized spacial score (nSPS) is 11.0. The molecule has 0 saturated carbocycles. The third kappa shape index (κ3) is 5.58. The Balaban J connectivity index is 2.62. The Morgan fingerprint density at radius 3 is 2.43 bits per heavy atom. The largest absolute Gasteiger partial charge is 0.395 e. The van der Waals surface area contributed by atoms with Crippen molar-refractivity contribution >= 4 is 5.91 Å². The van der Waals surface area contributed by atoms with Crippen LogP contribution in [0, 0.1) is 11.8 Å². The number of aliphatic hydroxyl groups excluding tert-OH is 1. The number of rotatable bonds is 5. The van der Waals surface area contributed by atoms with Crippen molar-refractivity contribution in [1.82, 2.24) is 10.2 Å². The Morgan fingerprint density at radius 1 is 1.29 bits per heavy atom. The maximum atomic E-state index is 12.1. The first-order chi connectivity index (χ1) is 9.86. The van der Waals surface area contributed by atoms with Crippen LogP contribution in [0.4, 0.5) is 0 Å². The number of hydrogen-bond acceptors (Lipinski definition) is 3. The highest BCUT2D eigenvalue weighted by molar-refractivity contribution is 5.94. The number of nitrogens with one attached hydrogen (secondary N) is 1. The number of benzene rings is 1. The minimum absolute atomic E-state index is 0.0646. The minimum Gasteiger partial charge on any atom is -0.395 e. The van der Waals surface area contributed by atoms with E-state index in [1.807, 2.05) is 26.2 Å². The Morgan fingerprint density at radius 2 is 1.90 bits per heavy atom. The van der Waals surface area contributed by atoms with Crippen LogP contribution in [-0.4, -0.2) is 48.7 Å². The van der Waals surface area contributed by atoms with Gasteiger partial charge in [-0.3, -0.25) is 4.79 Å². The molecule has 1 amide bonds. The standard InChI is InChI=1S/C17H24N2O2/c1-17(2,19(3)4)13-18-16(21)15-10-8-14(9-11-15)7-5-6-12-20/h8-11,20H,6,12-13H2,1-4H3,(H,18,21). The van der Waals surface area contributed by atoms with Crippen LogP contribution in [0.15, 0.2) is 24.3 Å². The number of carbonyl (C=O) groups excluding carboxylic acids is 1. The Bertz CT molecular complexity index is 522. The van der Waals surface area contributed by atoms with Gasteiger partial charge in [0.1, 0.15) is 0 Å². The number of aliphatic hydroxyl groups is 1. The van der Waals surface area contributed by atoms with Gasteiger partial charge in [-0.25, -0.2) is 0 Å². The van der Waals surface area contributed by atoms with Crippen LogP contribution in [0.3, 0.4) is 0 Å². The monoisotopic (exact) mass is 288 g/mol.